The van der Waals surface area contributed by atoms with Crippen LogP contribution in [0.3, 0.4) is 0 Å². The number of para-hydroxylation sites is 2. The number of benzene rings is 1. The van der Waals surface area contributed by atoms with Crippen LogP contribution in [0, 0.1) is 0 Å². The lowest BCUT2D eigenvalue weighted by molar-refractivity contribution is -0.124. The number of fused-ring (bicyclic) bond motifs is 1. The molecule has 2 N–H and O–H groups in total. The highest BCUT2D eigenvalue weighted by Crippen LogP contribution is 2.38. The summed E-state index contributed by atoms with van der Waals surface area (Å²) in [6.07, 6.45) is 1.71. The molecule has 0 saturated carbocycles. The Morgan fingerprint density at radius 3 is 2.65 bits per heavy atom. The van der Waals surface area contributed by atoms with Crippen LogP contribution in [-0.2, 0) is 4.79 Å². The van der Waals surface area contributed by atoms with E-state index in [0.717, 1.165) is 49.6 Å². The molecule has 0 unspecified atom stereocenters. The molecule has 1 aromatic rings. The summed E-state index contributed by atoms with van der Waals surface area (Å²) in [5, 5.41) is 7.51. The lowest BCUT2D eigenvalue weighted by Gasteiger charge is -2.46. The van der Waals surface area contributed by atoms with Crippen LogP contribution in [0.25, 0.3) is 0 Å². The SMILES string of the molecule is CC(C)SCCN1C(=O)C2(CCNCC2)Nc2ccccc21.Cl. The maximum Gasteiger partial charge on any atom is 0.252 e. The smallest absolute Gasteiger partial charge is 0.252 e. The van der Waals surface area contributed by atoms with E-state index in [1.54, 1.807) is 0 Å². The van der Waals surface area contributed by atoms with Crippen molar-refractivity contribution >= 4 is 41.5 Å². The highest BCUT2D eigenvalue weighted by molar-refractivity contribution is 7.99. The molecule has 2 heterocycles. The van der Waals surface area contributed by atoms with Gasteiger partial charge in [0.2, 0.25) is 0 Å². The fraction of sp³-hybridized carbons (Fsp3) is 0.588. The van der Waals surface area contributed by atoms with Crippen LogP contribution >= 0.6 is 24.2 Å². The van der Waals surface area contributed by atoms with Crippen LogP contribution in [0.15, 0.2) is 24.3 Å². The number of rotatable bonds is 4. The zero-order chi connectivity index (χ0) is 15.6. The van der Waals surface area contributed by atoms with Crippen LogP contribution < -0.4 is 15.5 Å². The minimum absolute atomic E-state index is 0. The van der Waals surface area contributed by atoms with Crippen molar-refractivity contribution in [3.63, 3.8) is 0 Å². The number of hydrogen-bond donors (Lipinski definition) is 2. The van der Waals surface area contributed by atoms with Gasteiger partial charge in [0.25, 0.3) is 5.91 Å². The summed E-state index contributed by atoms with van der Waals surface area (Å²) in [7, 11) is 0. The van der Waals surface area contributed by atoms with Gasteiger partial charge in [0.15, 0.2) is 0 Å². The molecule has 3 rings (SSSR count). The van der Waals surface area contributed by atoms with Crippen molar-refractivity contribution in [2.24, 2.45) is 0 Å². The van der Waals surface area contributed by atoms with Gasteiger partial charge in [-0.15, -0.1) is 12.4 Å². The minimum atomic E-state index is -0.415. The quantitative estimate of drug-likeness (QED) is 0.871. The number of thioether (sulfide) groups is 1. The first-order valence-electron chi connectivity index (χ1n) is 8.14. The van der Waals surface area contributed by atoms with Crippen LogP contribution in [0.4, 0.5) is 11.4 Å². The maximum absolute atomic E-state index is 13.2. The molecule has 6 heteroatoms. The maximum atomic E-state index is 13.2. The van der Waals surface area contributed by atoms with Crippen molar-refractivity contribution in [3.05, 3.63) is 24.3 Å². The standard InChI is InChI=1S/C17H25N3OS.ClH/c1-13(2)22-12-11-20-15-6-4-3-5-14(15)19-17(16(20)21)7-9-18-10-8-17;/h3-6,13,18-19H,7-12H2,1-2H3;1H. The second-order valence-corrected chi connectivity index (χ2v) is 8.03. The lowest BCUT2D eigenvalue weighted by Crippen LogP contribution is -2.61. The number of nitrogens with one attached hydrogen (secondary N) is 2. The molecule has 0 radical (unpaired) electrons. The normalized spacial score (nSPS) is 19.3. The molecule has 23 heavy (non-hydrogen) atoms. The first-order valence-corrected chi connectivity index (χ1v) is 9.19. The second kappa shape index (κ2) is 7.77. The molecule has 4 nitrogen and oxygen atoms in total. The Morgan fingerprint density at radius 2 is 1.96 bits per heavy atom. The van der Waals surface area contributed by atoms with E-state index in [1.807, 2.05) is 34.9 Å². The Hall–Kier alpha value is -0.910. The van der Waals surface area contributed by atoms with Crippen molar-refractivity contribution in [3.8, 4) is 0 Å². The molecular formula is C17H26ClN3OS. The van der Waals surface area contributed by atoms with Gasteiger partial charge in [-0.25, -0.2) is 0 Å². The average Bonchev–Trinajstić information content (AvgIpc) is 2.52. The topological polar surface area (TPSA) is 44.4 Å². The average molecular weight is 356 g/mol. The second-order valence-electron chi connectivity index (χ2n) is 6.35. The zero-order valence-corrected chi connectivity index (χ0v) is 15.4. The number of halogens is 1. The summed E-state index contributed by atoms with van der Waals surface area (Å²) >= 11 is 1.91. The number of nitrogens with zero attached hydrogens (tertiary/aromatic N) is 1. The van der Waals surface area contributed by atoms with Crippen molar-refractivity contribution in [2.45, 2.75) is 37.5 Å². The number of hydrogen-bond acceptors (Lipinski definition) is 4. The molecule has 0 aromatic heterocycles. The third kappa shape index (κ3) is 3.78. The van der Waals surface area contributed by atoms with Crippen LogP contribution in [0.1, 0.15) is 26.7 Å². The molecule has 0 aliphatic carbocycles. The fourth-order valence-corrected chi connectivity index (χ4v) is 4.05. The monoisotopic (exact) mass is 355 g/mol. The highest BCUT2D eigenvalue weighted by Gasteiger charge is 2.46. The summed E-state index contributed by atoms with van der Waals surface area (Å²) in [6, 6.07) is 8.19. The number of carbonyl (C=O) groups is 1. The Morgan fingerprint density at radius 1 is 1.26 bits per heavy atom. The van der Waals surface area contributed by atoms with Crippen LogP contribution in [0.2, 0.25) is 0 Å². The summed E-state index contributed by atoms with van der Waals surface area (Å²) in [4.78, 5) is 15.2. The van der Waals surface area contributed by atoms with Gasteiger partial charge in [-0.3, -0.25) is 4.79 Å². The number of amides is 1. The highest BCUT2D eigenvalue weighted by atomic mass is 35.5. The van der Waals surface area contributed by atoms with Crippen LogP contribution in [0.5, 0.6) is 0 Å². The zero-order valence-electron chi connectivity index (χ0n) is 13.8. The number of carbonyl (C=O) groups excluding carboxylic acids is 1. The minimum Gasteiger partial charge on any atom is -0.369 e. The Balaban J connectivity index is 0.00000192. The summed E-state index contributed by atoms with van der Waals surface area (Å²) in [5.41, 5.74) is 1.71. The molecule has 1 amide bonds. The Kier molecular flexibility index (Phi) is 6.23. The predicted molar refractivity (Wildman–Crippen MR) is 102 cm³/mol. The largest absolute Gasteiger partial charge is 0.369 e. The van der Waals surface area contributed by atoms with Gasteiger partial charge in [-0.1, -0.05) is 26.0 Å². The molecule has 1 spiro atoms. The van der Waals surface area contributed by atoms with E-state index in [-0.39, 0.29) is 18.3 Å². The van der Waals surface area contributed by atoms with Crippen molar-refractivity contribution < 1.29 is 4.79 Å². The van der Waals surface area contributed by atoms with E-state index in [0.29, 0.717) is 5.25 Å². The Bertz CT molecular complexity index is 546. The van der Waals surface area contributed by atoms with Gasteiger partial charge in [-0.2, -0.15) is 11.8 Å². The molecule has 2 aliphatic heterocycles. The molecule has 1 saturated heterocycles. The first kappa shape index (κ1) is 18.4. The summed E-state index contributed by atoms with van der Waals surface area (Å²) in [5.74, 6) is 1.23. The van der Waals surface area contributed by atoms with Gasteiger partial charge < -0.3 is 15.5 Å². The molecule has 1 fully saturated rings. The van der Waals surface area contributed by atoms with Crippen molar-refractivity contribution in [2.75, 3.05) is 35.6 Å². The third-order valence-electron chi connectivity index (χ3n) is 4.45. The molecular weight excluding hydrogens is 330 g/mol. The van der Waals surface area contributed by atoms with Crippen molar-refractivity contribution in [1.29, 1.82) is 0 Å². The summed E-state index contributed by atoms with van der Waals surface area (Å²) in [6.45, 7) is 6.99. The van der Waals surface area contributed by atoms with E-state index in [1.165, 1.54) is 0 Å². The van der Waals surface area contributed by atoms with Gasteiger partial charge >= 0.3 is 0 Å². The van der Waals surface area contributed by atoms with Gasteiger partial charge in [0, 0.05) is 12.3 Å². The predicted octanol–water partition coefficient (Wildman–Crippen LogP) is 3.13. The lowest BCUT2D eigenvalue weighted by atomic mass is 9.84. The summed E-state index contributed by atoms with van der Waals surface area (Å²) < 4.78 is 0. The van der Waals surface area contributed by atoms with Gasteiger partial charge in [0.05, 0.1) is 11.4 Å². The molecule has 2 aliphatic rings. The van der Waals surface area contributed by atoms with Crippen molar-refractivity contribution in [1.82, 2.24) is 5.32 Å². The molecule has 0 atom stereocenters. The molecule has 128 valence electrons. The van der Waals surface area contributed by atoms with E-state index in [4.69, 9.17) is 0 Å². The van der Waals surface area contributed by atoms with Gasteiger partial charge in [-0.05, 0) is 43.3 Å². The first-order chi connectivity index (χ1) is 10.6. The number of anilines is 2. The Labute approximate surface area is 149 Å². The number of piperidine rings is 1. The van der Waals surface area contributed by atoms with Crippen LogP contribution in [-0.4, -0.2) is 42.1 Å². The third-order valence-corrected chi connectivity index (χ3v) is 5.53. The fourth-order valence-electron chi connectivity index (χ4n) is 3.29. The van der Waals surface area contributed by atoms with E-state index >= 15 is 0 Å². The van der Waals surface area contributed by atoms with E-state index in [9.17, 15) is 4.79 Å². The van der Waals surface area contributed by atoms with E-state index in [2.05, 4.69) is 30.5 Å². The molecule has 0 bridgehead atoms. The molecule has 1 aromatic carbocycles. The van der Waals surface area contributed by atoms with Gasteiger partial charge in [0.1, 0.15) is 5.54 Å². The van der Waals surface area contributed by atoms with E-state index < -0.39 is 5.54 Å².